The van der Waals surface area contributed by atoms with Crippen molar-refractivity contribution in [3.8, 4) is 0 Å². The van der Waals surface area contributed by atoms with Crippen LogP contribution in [0, 0.1) is 11.7 Å². The van der Waals surface area contributed by atoms with E-state index in [-0.39, 0.29) is 18.2 Å². The number of anilines is 1. The SMILES string of the molecule is O=S(=O)(c1cc(F)ccc1NCC1CCCOC1)C(F)(F)F. The molecule has 0 aliphatic carbocycles. The third-order valence-corrected chi connectivity index (χ3v) is 4.90. The Labute approximate surface area is 125 Å². The smallest absolute Gasteiger partial charge is 0.384 e. The molecular formula is C13H15F4NO3S. The van der Waals surface area contributed by atoms with Crippen LogP contribution >= 0.6 is 0 Å². The molecule has 1 N–H and O–H groups in total. The molecule has 0 spiro atoms. The van der Waals surface area contributed by atoms with Gasteiger partial charge in [-0.15, -0.1) is 0 Å². The van der Waals surface area contributed by atoms with Crippen molar-refractivity contribution in [3.63, 3.8) is 0 Å². The van der Waals surface area contributed by atoms with Crippen LogP contribution in [0.25, 0.3) is 0 Å². The highest BCUT2D eigenvalue weighted by atomic mass is 32.2. The van der Waals surface area contributed by atoms with Crippen LogP contribution in [0.15, 0.2) is 23.1 Å². The van der Waals surface area contributed by atoms with Crippen molar-refractivity contribution in [1.82, 2.24) is 0 Å². The summed E-state index contributed by atoms with van der Waals surface area (Å²) in [5.74, 6) is -0.977. The van der Waals surface area contributed by atoms with Gasteiger partial charge in [-0.2, -0.15) is 13.2 Å². The summed E-state index contributed by atoms with van der Waals surface area (Å²) in [5, 5.41) is 2.66. The lowest BCUT2D eigenvalue weighted by atomic mass is 10.0. The Morgan fingerprint density at radius 2 is 2.05 bits per heavy atom. The number of nitrogens with one attached hydrogen (secondary N) is 1. The van der Waals surface area contributed by atoms with E-state index in [2.05, 4.69) is 5.32 Å². The summed E-state index contributed by atoms with van der Waals surface area (Å²) in [7, 11) is -5.62. The molecule has 1 saturated heterocycles. The summed E-state index contributed by atoms with van der Waals surface area (Å²) < 4.78 is 79.5. The summed E-state index contributed by atoms with van der Waals surface area (Å²) in [5.41, 5.74) is -5.74. The van der Waals surface area contributed by atoms with Gasteiger partial charge in [0.15, 0.2) is 0 Å². The maximum absolute atomic E-state index is 13.2. The van der Waals surface area contributed by atoms with Crippen LogP contribution in [-0.4, -0.2) is 33.7 Å². The Bertz CT molecular complexity index is 625. The molecule has 0 bridgehead atoms. The Hall–Kier alpha value is -1.35. The largest absolute Gasteiger partial charge is 0.501 e. The number of rotatable bonds is 4. The first-order valence-corrected chi connectivity index (χ1v) is 8.12. The maximum atomic E-state index is 13.2. The Morgan fingerprint density at radius 3 is 2.64 bits per heavy atom. The minimum absolute atomic E-state index is 0.0697. The van der Waals surface area contributed by atoms with Crippen LogP contribution in [0.4, 0.5) is 23.2 Å². The molecule has 1 aliphatic heterocycles. The van der Waals surface area contributed by atoms with Gasteiger partial charge in [-0.05, 0) is 37.0 Å². The van der Waals surface area contributed by atoms with Crippen molar-refractivity contribution in [3.05, 3.63) is 24.0 Å². The van der Waals surface area contributed by atoms with Crippen molar-refractivity contribution in [1.29, 1.82) is 0 Å². The molecule has 9 heteroatoms. The zero-order chi connectivity index (χ0) is 16.4. The third-order valence-electron chi connectivity index (χ3n) is 3.37. The van der Waals surface area contributed by atoms with E-state index in [9.17, 15) is 26.0 Å². The highest BCUT2D eigenvalue weighted by molar-refractivity contribution is 7.92. The molecule has 0 aromatic heterocycles. The standard InChI is InChI=1S/C13H15F4NO3S/c14-10-3-4-11(18-7-9-2-1-5-21-8-9)12(6-10)22(19,20)13(15,16)17/h3-4,6,9,18H,1-2,5,7-8H2. The minimum Gasteiger partial charge on any atom is -0.384 e. The van der Waals surface area contributed by atoms with Crippen LogP contribution < -0.4 is 5.32 Å². The van der Waals surface area contributed by atoms with Gasteiger partial charge in [0.05, 0.1) is 12.3 Å². The number of benzene rings is 1. The molecule has 1 aromatic rings. The van der Waals surface area contributed by atoms with Gasteiger partial charge in [-0.25, -0.2) is 12.8 Å². The van der Waals surface area contributed by atoms with Gasteiger partial charge in [0.25, 0.3) is 9.84 Å². The fourth-order valence-electron chi connectivity index (χ4n) is 2.21. The van der Waals surface area contributed by atoms with E-state index in [1.807, 2.05) is 0 Å². The second-order valence-electron chi connectivity index (χ2n) is 5.05. The quantitative estimate of drug-likeness (QED) is 0.856. The van der Waals surface area contributed by atoms with E-state index in [0.29, 0.717) is 19.3 Å². The second-order valence-corrected chi connectivity index (χ2v) is 6.96. The molecule has 0 amide bonds. The Balaban J connectivity index is 2.24. The molecule has 22 heavy (non-hydrogen) atoms. The van der Waals surface area contributed by atoms with Crippen molar-refractivity contribution >= 4 is 15.5 Å². The van der Waals surface area contributed by atoms with Crippen LogP contribution in [0.5, 0.6) is 0 Å². The molecule has 4 nitrogen and oxygen atoms in total. The first kappa shape index (κ1) is 17.0. The normalized spacial score (nSPS) is 19.9. The number of hydrogen-bond acceptors (Lipinski definition) is 4. The number of alkyl halides is 3. The molecule has 1 fully saturated rings. The second kappa shape index (κ2) is 6.41. The van der Waals surface area contributed by atoms with Crippen LogP contribution in [0.3, 0.4) is 0 Å². The first-order chi connectivity index (χ1) is 10.2. The zero-order valence-electron chi connectivity index (χ0n) is 11.5. The van der Waals surface area contributed by atoms with Crippen molar-refractivity contribution in [2.45, 2.75) is 23.2 Å². The molecule has 1 aliphatic rings. The van der Waals surface area contributed by atoms with Crippen LogP contribution in [-0.2, 0) is 14.6 Å². The first-order valence-electron chi connectivity index (χ1n) is 6.64. The summed E-state index contributed by atoms with van der Waals surface area (Å²) in [6.45, 7) is 1.35. The van der Waals surface area contributed by atoms with Gasteiger partial charge in [-0.3, -0.25) is 0 Å². The minimum atomic E-state index is -5.62. The van der Waals surface area contributed by atoms with Crippen molar-refractivity contribution in [2.24, 2.45) is 5.92 Å². The summed E-state index contributed by atoms with van der Waals surface area (Å²) in [4.78, 5) is -1.10. The summed E-state index contributed by atoms with van der Waals surface area (Å²) >= 11 is 0. The highest BCUT2D eigenvalue weighted by Gasteiger charge is 2.48. The van der Waals surface area contributed by atoms with Crippen LogP contribution in [0.2, 0.25) is 0 Å². The molecule has 124 valence electrons. The fourth-order valence-corrected chi connectivity index (χ4v) is 3.16. The monoisotopic (exact) mass is 341 g/mol. The summed E-state index contributed by atoms with van der Waals surface area (Å²) in [6, 6.07) is 2.29. The van der Waals surface area contributed by atoms with Gasteiger partial charge in [0, 0.05) is 13.2 Å². The predicted octanol–water partition coefficient (Wildman–Crippen LogP) is 2.96. The van der Waals surface area contributed by atoms with Gasteiger partial charge in [0.1, 0.15) is 10.7 Å². The topological polar surface area (TPSA) is 55.4 Å². The number of sulfone groups is 1. The fraction of sp³-hybridized carbons (Fsp3) is 0.538. The molecule has 1 atom stereocenters. The van der Waals surface area contributed by atoms with Gasteiger partial charge >= 0.3 is 5.51 Å². The molecule has 1 aromatic carbocycles. The molecule has 1 heterocycles. The van der Waals surface area contributed by atoms with Gasteiger partial charge in [0.2, 0.25) is 0 Å². The van der Waals surface area contributed by atoms with Gasteiger partial charge < -0.3 is 10.1 Å². The Kier molecular flexibility index (Phi) is 4.96. The third kappa shape index (κ3) is 3.70. The molecule has 0 saturated carbocycles. The molecule has 1 unspecified atom stereocenters. The summed E-state index contributed by atoms with van der Waals surface area (Å²) in [6.07, 6.45) is 1.67. The van der Waals surface area contributed by atoms with Crippen LogP contribution in [0.1, 0.15) is 12.8 Å². The number of hydrogen-bond donors (Lipinski definition) is 1. The predicted molar refractivity (Wildman–Crippen MR) is 71.7 cm³/mol. The lowest BCUT2D eigenvalue weighted by Crippen LogP contribution is -2.27. The average Bonchev–Trinajstić information content (AvgIpc) is 2.46. The molecular weight excluding hydrogens is 326 g/mol. The van der Waals surface area contributed by atoms with E-state index in [1.54, 1.807) is 0 Å². The van der Waals surface area contributed by atoms with Crippen molar-refractivity contribution < 1.29 is 30.7 Å². The Morgan fingerprint density at radius 1 is 1.32 bits per heavy atom. The van der Waals surface area contributed by atoms with E-state index in [4.69, 9.17) is 4.74 Å². The average molecular weight is 341 g/mol. The van der Waals surface area contributed by atoms with Crippen molar-refractivity contribution in [2.75, 3.05) is 25.1 Å². The zero-order valence-corrected chi connectivity index (χ0v) is 12.3. The molecule has 2 rings (SSSR count). The lowest BCUT2D eigenvalue weighted by molar-refractivity contribution is -0.0435. The van der Waals surface area contributed by atoms with E-state index < -0.39 is 26.1 Å². The lowest BCUT2D eigenvalue weighted by Gasteiger charge is -2.23. The number of halogens is 4. The maximum Gasteiger partial charge on any atom is 0.501 e. The highest BCUT2D eigenvalue weighted by Crippen LogP contribution is 2.35. The van der Waals surface area contributed by atoms with Gasteiger partial charge in [-0.1, -0.05) is 0 Å². The number of ether oxygens (including phenoxy) is 1. The van der Waals surface area contributed by atoms with E-state index in [0.717, 1.165) is 25.0 Å². The van der Waals surface area contributed by atoms with E-state index >= 15 is 0 Å². The van der Waals surface area contributed by atoms with E-state index in [1.165, 1.54) is 0 Å². The molecule has 0 radical (unpaired) electrons.